The van der Waals surface area contributed by atoms with Gasteiger partial charge in [-0.05, 0) is 30.5 Å². The van der Waals surface area contributed by atoms with E-state index < -0.39 is 0 Å². The number of benzene rings is 1. The number of ether oxygens (including phenoxy) is 2. The topological polar surface area (TPSA) is 73.6 Å². The van der Waals surface area contributed by atoms with Crippen LogP contribution in [0.3, 0.4) is 0 Å². The molecule has 2 aliphatic rings. The van der Waals surface area contributed by atoms with Crippen molar-refractivity contribution >= 4 is 5.91 Å². The van der Waals surface area contributed by atoms with Crippen LogP contribution in [0.1, 0.15) is 18.4 Å². The minimum atomic E-state index is 0.0917. The Hall–Kier alpha value is -1.75. The van der Waals surface area contributed by atoms with Crippen molar-refractivity contribution in [2.24, 2.45) is 11.7 Å². The first kappa shape index (κ1) is 11.3. The molecule has 0 aromatic heterocycles. The van der Waals surface area contributed by atoms with Crippen LogP contribution >= 0.6 is 0 Å². The smallest absolute Gasteiger partial charge is 0.231 e. The molecule has 96 valence electrons. The highest BCUT2D eigenvalue weighted by molar-refractivity contribution is 5.79. The molecule has 3 N–H and O–H groups in total. The standard InChI is InChI=1S/C13H16N2O3/c14-10-4-9(5-10)13(16)15-6-8-1-2-11-12(3-8)18-7-17-11/h1-3,9-10H,4-7,14H2,(H,15,16). The van der Waals surface area contributed by atoms with Crippen LogP contribution in [0, 0.1) is 5.92 Å². The zero-order chi connectivity index (χ0) is 12.5. The first-order valence-electron chi connectivity index (χ1n) is 6.14. The number of nitrogens with two attached hydrogens (primary N) is 1. The lowest BCUT2D eigenvalue weighted by molar-refractivity contribution is -0.128. The van der Waals surface area contributed by atoms with Gasteiger partial charge in [0, 0.05) is 18.5 Å². The molecule has 1 heterocycles. The molecule has 5 nitrogen and oxygen atoms in total. The molecule has 1 aliphatic heterocycles. The minimum absolute atomic E-state index is 0.0917. The van der Waals surface area contributed by atoms with Gasteiger partial charge < -0.3 is 20.5 Å². The fraction of sp³-hybridized carbons (Fsp3) is 0.462. The predicted molar refractivity (Wildman–Crippen MR) is 65.1 cm³/mol. The quantitative estimate of drug-likeness (QED) is 0.828. The minimum Gasteiger partial charge on any atom is -0.454 e. The number of nitrogens with one attached hydrogen (secondary N) is 1. The molecule has 0 saturated heterocycles. The first-order chi connectivity index (χ1) is 8.72. The number of carbonyl (C=O) groups is 1. The van der Waals surface area contributed by atoms with Crippen LogP contribution in [-0.4, -0.2) is 18.7 Å². The summed E-state index contributed by atoms with van der Waals surface area (Å²) in [6, 6.07) is 5.89. The Kier molecular flexibility index (Phi) is 2.83. The number of amides is 1. The van der Waals surface area contributed by atoms with Gasteiger partial charge in [-0.15, -0.1) is 0 Å². The molecule has 0 bridgehead atoms. The normalized spacial score (nSPS) is 24.5. The molecular weight excluding hydrogens is 232 g/mol. The van der Waals surface area contributed by atoms with Gasteiger partial charge in [0.1, 0.15) is 0 Å². The molecule has 0 radical (unpaired) electrons. The summed E-state index contributed by atoms with van der Waals surface area (Å²) in [6.45, 7) is 0.784. The Labute approximate surface area is 105 Å². The Morgan fingerprint density at radius 1 is 1.33 bits per heavy atom. The van der Waals surface area contributed by atoms with E-state index in [2.05, 4.69) is 5.32 Å². The lowest BCUT2D eigenvalue weighted by atomic mass is 9.80. The zero-order valence-corrected chi connectivity index (χ0v) is 10.0. The maximum absolute atomic E-state index is 11.8. The second kappa shape index (κ2) is 4.49. The molecule has 1 amide bonds. The summed E-state index contributed by atoms with van der Waals surface area (Å²) < 4.78 is 10.5. The van der Waals surface area contributed by atoms with Crippen LogP contribution in [0.4, 0.5) is 0 Å². The van der Waals surface area contributed by atoms with Gasteiger partial charge in [-0.25, -0.2) is 0 Å². The Balaban J connectivity index is 1.55. The average molecular weight is 248 g/mol. The van der Waals surface area contributed by atoms with Crippen LogP contribution in [0.25, 0.3) is 0 Å². The molecule has 18 heavy (non-hydrogen) atoms. The van der Waals surface area contributed by atoms with E-state index in [1.807, 2.05) is 18.2 Å². The van der Waals surface area contributed by atoms with Crippen molar-refractivity contribution in [2.75, 3.05) is 6.79 Å². The lowest BCUT2D eigenvalue weighted by Crippen LogP contribution is -2.44. The fourth-order valence-electron chi connectivity index (χ4n) is 2.26. The van der Waals surface area contributed by atoms with Gasteiger partial charge in [0.2, 0.25) is 12.7 Å². The van der Waals surface area contributed by atoms with E-state index in [1.54, 1.807) is 0 Å². The summed E-state index contributed by atoms with van der Waals surface area (Å²) in [5, 5.41) is 2.92. The molecular formula is C13H16N2O3. The molecule has 0 unspecified atom stereocenters. The number of carbonyl (C=O) groups excluding carboxylic acids is 1. The monoisotopic (exact) mass is 248 g/mol. The van der Waals surface area contributed by atoms with E-state index in [-0.39, 0.29) is 24.7 Å². The van der Waals surface area contributed by atoms with E-state index in [9.17, 15) is 4.79 Å². The van der Waals surface area contributed by atoms with Gasteiger partial charge in [0.05, 0.1) is 0 Å². The van der Waals surface area contributed by atoms with Crippen molar-refractivity contribution in [1.82, 2.24) is 5.32 Å². The number of hydrogen-bond donors (Lipinski definition) is 2. The largest absolute Gasteiger partial charge is 0.454 e. The van der Waals surface area contributed by atoms with Gasteiger partial charge >= 0.3 is 0 Å². The maximum atomic E-state index is 11.8. The summed E-state index contributed by atoms with van der Waals surface area (Å²) in [7, 11) is 0. The molecule has 1 saturated carbocycles. The second-order valence-corrected chi connectivity index (χ2v) is 4.83. The van der Waals surface area contributed by atoms with Crippen molar-refractivity contribution in [1.29, 1.82) is 0 Å². The van der Waals surface area contributed by atoms with Crippen molar-refractivity contribution in [3.63, 3.8) is 0 Å². The highest BCUT2D eigenvalue weighted by Gasteiger charge is 2.31. The van der Waals surface area contributed by atoms with E-state index in [4.69, 9.17) is 15.2 Å². The van der Waals surface area contributed by atoms with Crippen LogP contribution in [0.5, 0.6) is 11.5 Å². The molecule has 3 rings (SSSR count). The predicted octanol–water partition coefficient (Wildman–Crippen LogP) is 0.769. The Morgan fingerprint density at radius 3 is 2.89 bits per heavy atom. The van der Waals surface area contributed by atoms with Gasteiger partial charge in [-0.1, -0.05) is 6.07 Å². The summed E-state index contributed by atoms with van der Waals surface area (Å²) in [5.74, 6) is 1.69. The number of rotatable bonds is 3. The maximum Gasteiger partial charge on any atom is 0.231 e. The van der Waals surface area contributed by atoms with Crippen molar-refractivity contribution in [3.05, 3.63) is 23.8 Å². The second-order valence-electron chi connectivity index (χ2n) is 4.83. The van der Waals surface area contributed by atoms with Crippen LogP contribution in [0.2, 0.25) is 0 Å². The Bertz CT molecular complexity index is 469. The van der Waals surface area contributed by atoms with E-state index in [0.29, 0.717) is 6.54 Å². The fourth-order valence-corrected chi connectivity index (χ4v) is 2.26. The molecule has 1 fully saturated rings. The Morgan fingerprint density at radius 2 is 2.11 bits per heavy atom. The van der Waals surface area contributed by atoms with Crippen LogP contribution in [0.15, 0.2) is 18.2 Å². The molecule has 0 spiro atoms. The highest BCUT2D eigenvalue weighted by atomic mass is 16.7. The summed E-state index contributed by atoms with van der Waals surface area (Å²) in [6.07, 6.45) is 1.60. The van der Waals surface area contributed by atoms with Crippen LogP contribution < -0.4 is 20.5 Å². The van der Waals surface area contributed by atoms with Crippen molar-refractivity contribution in [2.45, 2.75) is 25.4 Å². The van der Waals surface area contributed by atoms with E-state index in [1.165, 1.54) is 0 Å². The molecule has 1 aliphatic carbocycles. The number of hydrogen-bond acceptors (Lipinski definition) is 4. The van der Waals surface area contributed by atoms with E-state index in [0.717, 1.165) is 29.9 Å². The van der Waals surface area contributed by atoms with Crippen molar-refractivity contribution < 1.29 is 14.3 Å². The zero-order valence-electron chi connectivity index (χ0n) is 10.0. The number of fused-ring (bicyclic) bond motifs is 1. The third kappa shape index (κ3) is 2.13. The van der Waals surface area contributed by atoms with Gasteiger partial charge in [-0.2, -0.15) is 0 Å². The van der Waals surface area contributed by atoms with Crippen LogP contribution in [-0.2, 0) is 11.3 Å². The first-order valence-corrected chi connectivity index (χ1v) is 6.14. The SMILES string of the molecule is NC1CC(C(=O)NCc2ccc3c(c2)OCO3)C1. The van der Waals surface area contributed by atoms with E-state index >= 15 is 0 Å². The third-order valence-corrected chi connectivity index (χ3v) is 3.45. The van der Waals surface area contributed by atoms with Crippen molar-refractivity contribution in [3.8, 4) is 11.5 Å². The summed E-state index contributed by atoms with van der Waals surface area (Å²) >= 11 is 0. The molecule has 5 heteroatoms. The molecule has 0 atom stereocenters. The van der Waals surface area contributed by atoms with Gasteiger partial charge in [0.15, 0.2) is 11.5 Å². The molecule has 1 aromatic rings. The van der Waals surface area contributed by atoms with Gasteiger partial charge in [0.25, 0.3) is 0 Å². The van der Waals surface area contributed by atoms with Gasteiger partial charge in [-0.3, -0.25) is 4.79 Å². The summed E-state index contributed by atoms with van der Waals surface area (Å²) in [4.78, 5) is 11.8. The average Bonchev–Trinajstić information content (AvgIpc) is 2.79. The molecule has 1 aromatic carbocycles. The lowest BCUT2D eigenvalue weighted by Gasteiger charge is -2.31. The third-order valence-electron chi connectivity index (χ3n) is 3.45. The highest BCUT2D eigenvalue weighted by Crippen LogP contribution is 2.32. The summed E-state index contributed by atoms with van der Waals surface area (Å²) in [5.41, 5.74) is 6.68.